The first-order chi connectivity index (χ1) is 11.6. The van der Waals surface area contributed by atoms with Crippen LogP contribution in [-0.2, 0) is 16.1 Å². The van der Waals surface area contributed by atoms with Gasteiger partial charge in [-0.15, -0.1) is 10.2 Å². The maximum Gasteiger partial charge on any atom is 0.236 e. The summed E-state index contributed by atoms with van der Waals surface area (Å²) in [5.74, 6) is 0.701. The van der Waals surface area contributed by atoms with Crippen LogP contribution in [0, 0.1) is 17.2 Å². The molecule has 2 heterocycles. The van der Waals surface area contributed by atoms with Crippen molar-refractivity contribution >= 4 is 5.91 Å². The summed E-state index contributed by atoms with van der Waals surface area (Å²) in [7, 11) is 0. The molecule has 132 valence electrons. The van der Waals surface area contributed by atoms with Gasteiger partial charge in [0.15, 0.2) is 5.82 Å². The first-order valence-corrected chi connectivity index (χ1v) is 8.48. The zero-order valence-corrected chi connectivity index (χ0v) is 14.7. The second-order valence-corrected chi connectivity index (χ2v) is 6.03. The third kappa shape index (κ3) is 4.52. The number of hydrogen-bond acceptors (Lipinski definition) is 6. The van der Waals surface area contributed by atoms with Crippen LogP contribution in [0.25, 0.3) is 0 Å². The van der Waals surface area contributed by atoms with Gasteiger partial charge in [-0.05, 0) is 20.8 Å². The predicted octanol–water partition coefficient (Wildman–Crippen LogP) is 0.679. The summed E-state index contributed by atoms with van der Waals surface area (Å²) in [5, 5.41) is 17.0. The molecule has 8 nitrogen and oxygen atoms in total. The normalized spacial score (nSPS) is 19.7. The molecule has 1 aliphatic rings. The fraction of sp³-hybridized carbons (Fsp3) is 0.750. The number of likely N-dealkylation sites (N-methyl/N-ethyl adjacent to an activating group) is 1. The van der Waals surface area contributed by atoms with Gasteiger partial charge in [0.1, 0.15) is 12.4 Å². The van der Waals surface area contributed by atoms with E-state index in [1.54, 1.807) is 11.2 Å². The molecule has 2 rings (SSSR count). The van der Waals surface area contributed by atoms with E-state index in [9.17, 15) is 4.79 Å². The van der Waals surface area contributed by atoms with Crippen LogP contribution in [-0.4, -0.2) is 69.8 Å². The van der Waals surface area contributed by atoms with Gasteiger partial charge in [-0.3, -0.25) is 9.69 Å². The van der Waals surface area contributed by atoms with Crippen LogP contribution in [0.1, 0.15) is 32.7 Å². The Morgan fingerprint density at radius 1 is 1.58 bits per heavy atom. The average molecular weight is 334 g/mol. The van der Waals surface area contributed by atoms with Crippen molar-refractivity contribution in [3.8, 4) is 6.07 Å². The monoisotopic (exact) mass is 334 g/mol. The second-order valence-electron chi connectivity index (χ2n) is 6.03. The first kappa shape index (κ1) is 18.4. The lowest BCUT2D eigenvalue weighted by Crippen LogP contribution is -2.46. The summed E-state index contributed by atoms with van der Waals surface area (Å²) in [5.41, 5.74) is 0. The van der Waals surface area contributed by atoms with Crippen molar-refractivity contribution in [2.45, 2.75) is 33.4 Å². The van der Waals surface area contributed by atoms with Crippen LogP contribution in [0.3, 0.4) is 0 Å². The quantitative estimate of drug-likeness (QED) is 0.729. The van der Waals surface area contributed by atoms with Crippen LogP contribution in [0.2, 0.25) is 0 Å². The van der Waals surface area contributed by atoms with Gasteiger partial charge in [0.25, 0.3) is 0 Å². The van der Waals surface area contributed by atoms with E-state index in [4.69, 9.17) is 10.00 Å². The molecule has 8 heteroatoms. The second kappa shape index (κ2) is 8.76. The van der Waals surface area contributed by atoms with E-state index in [2.05, 4.69) is 21.2 Å². The van der Waals surface area contributed by atoms with E-state index in [1.165, 1.54) is 0 Å². The highest BCUT2D eigenvalue weighted by atomic mass is 16.5. The van der Waals surface area contributed by atoms with Crippen molar-refractivity contribution in [3.05, 3.63) is 12.2 Å². The highest BCUT2D eigenvalue weighted by molar-refractivity contribution is 5.78. The van der Waals surface area contributed by atoms with Gasteiger partial charge < -0.3 is 14.2 Å². The molecule has 1 aromatic rings. The van der Waals surface area contributed by atoms with E-state index >= 15 is 0 Å². The number of carbonyl (C=O) groups excluding carboxylic acids is 1. The standard InChI is InChI=1S/C16H26N6O2/c1-4-21(9-13(3)8-17)15(23)11-20-6-7-24-14(10-20)16-19-18-12-22(16)5-2/h12-14H,4-7,9-11H2,1-3H3/t13-,14+/m0/s1. The van der Waals surface area contributed by atoms with E-state index in [0.29, 0.717) is 39.3 Å². The largest absolute Gasteiger partial charge is 0.368 e. The molecule has 1 aliphatic heterocycles. The van der Waals surface area contributed by atoms with E-state index in [1.807, 2.05) is 25.3 Å². The molecule has 0 bridgehead atoms. The Labute approximate surface area is 143 Å². The number of nitriles is 1. The van der Waals surface area contributed by atoms with Crippen molar-refractivity contribution in [1.82, 2.24) is 24.6 Å². The number of hydrogen-bond donors (Lipinski definition) is 0. The number of carbonyl (C=O) groups is 1. The molecule has 0 spiro atoms. The number of nitrogens with zero attached hydrogens (tertiary/aromatic N) is 6. The molecule has 1 saturated heterocycles. The van der Waals surface area contributed by atoms with Gasteiger partial charge in [0, 0.05) is 32.7 Å². The maximum absolute atomic E-state index is 12.5. The Morgan fingerprint density at radius 2 is 2.38 bits per heavy atom. The fourth-order valence-electron chi connectivity index (χ4n) is 2.83. The van der Waals surface area contributed by atoms with Gasteiger partial charge in [-0.25, -0.2) is 0 Å². The molecule has 1 amide bonds. The number of morpholine rings is 1. The Bertz CT molecular complexity index is 581. The van der Waals surface area contributed by atoms with Crippen molar-refractivity contribution in [3.63, 3.8) is 0 Å². The van der Waals surface area contributed by atoms with Gasteiger partial charge in [0.2, 0.25) is 5.91 Å². The summed E-state index contributed by atoms with van der Waals surface area (Å²) in [4.78, 5) is 16.3. The lowest BCUT2D eigenvalue weighted by Gasteiger charge is -2.33. The zero-order valence-electron chi connectivity index (χ0n) is 14.7. The number of rotatable bonds is 7. The Balaban J connectivity index is 1.95. The third-order valence-electron chi connectivity index (χ3n) is 4.23. The van der Waals surface area contributed by atoms with Gasteiger partial charge in [0.05, 0.1) is 25.1 Å². The van der Waals surface area contributed by atoms with Crippen LogP contribution < -0.4 is 0 Å². The van der Waals surface area contributed by atoms with Gasteiger partial charge in [-0.2, -0.15) is 5.26 Å². The first-order valence-electron chi connectivity index (χ1n) is 8.48. The lowest BCUT2D eigenvalue weighted by molar-refractivity contribution is -0.134. The molecule has 0 saturated carbocycles. The van der Waals surface area contributed by atoms with Crippen molar-refractivity contribution in [2.24, 2.45) is 5.92 Å². The highest BCUT2D eigenvalue weighted by Gasteiger charge is 2.28. The molecule has 2 atom stereocenters. The molecule has 1 fully saturated rings. The molecule has 0 aromatic carbocycles. The molecule has 0 aliphatic carbocycles. The summed E-state index contributed by atoms with van der Waals surface area (Å²) >= 11 is 0. The Hall–Kier alpha value is -1.98. The Kier molecular flexibility index (Phi) is 6.70. The maximum atomic E-state index is 12.5. The van der Waals surface area contributed by atoms with Crippen LogP contribution in [0.15, 0.2) is 6.33 Å². The molecule has 0 N–H and O–H groups in total. The van der Waals surface area contributed by atoms with Crippen LogP contribution in [0.5, 0.6) is 0 Å². The molecule has 24 heavy (non-hydrogen) atoms. The minimum atomic E-state index is -0.165. The van der Waals surface area contributed by atoms with Crippen molar-refractivity contribution in [2.75, 3.05) is 39.3 Å². The zero-order chi connectivity index (χ0) is 17.5. The summed E-state index contributed by atoms with van der Waals surface area (Å²) in [6.07, 6.45) is 1.53. The van der Waals surface area contributed by atoms with Crippen molar-refractivity contribution in [1.29, 1.82) is 5.26 Å². The molecule has 1 aromatic heterocycles. The minimum Gasteiger partial charge on any atom is -0.368 e. The van der Waals surface area contributed by atoms with Crippen molar-refractivity contribution < 1.29 is 9.53 Å². The van der Waals surface area contributed by atoms with Gasteiger partial charge >= 0.3 is 0 Å². The summed E-state index contributed by atoms with van der Waals surface area (Å²) in [6, 6.07) is 2.18. The fourth-order valence-corrected chi connectivity index (χ4v) is 2.83. The molecular formula is C16H26N6O2. The smallest absolute Gasteiger partial charge is 0.236 e. The highest BCUT2D eigenvalue weighted by Crippen LogP contribution is 2.20. The van der Waals surface area contributed by atoms with Crippen LogP contribution >= 0.6 is 0 Å². The number of aryl methyl sites for hydroxylation is 1. The minimum absolute atomic E-state index is 0.0530. The summed E-state index contributed by atoms with van der Waals surface area (Å²) in [6.45, 7) is 9.92. The average Bonchev–Trinajstić information content (AvgIpc) is 3.08. The lowest BCUT2D eigenvalue weighted by atomic mass is 10.2. The van der Waals surface area contributed by atoms with E-state index in [-0.39, 0.29) is 17.9 Å². The predicted molar refractivity (Wildman–Crippen MR) is 87.9 cm³/mol. The van der Waals surface area contributed by atoms with Crippen LogP contribution in [0.4, 0.5) is 0 Å². The van der Waals surface area contributed by atoms with Gasteiger partial charge in [-0.1, -0.05) is 0 Å². The molecule has 0 unspecified atom stereocenters. The molecular weight excluding hydrogens is 308 g/mol. The number of amides is 1. The summed E-state index contributed by atoms with van der Waals surface area (Å²) < 4.78 is 7.77. The third-order valence-corrected chi connectivity index (χ3v) is 4.23. The van der Waals surface area contributed by atoms with E-state index in [0.717, 1.165) is 12.4 Å². The number of aromatic nitrogens is 3. The van der Waals surface area contributed by atoms with E-state index < -0.39 is 0 Å². The molecule has 0 radical (unpaired) electrons. The topological polar surface area (TPSA) is 87.3 Å². The number of ether oxygens (including phenoxy) is 1. The SMILES string of the molecule is CCN(C[C@@H](C)C#N)C(=O)CN1CCO[C@@H](c2nncn2CC)C1. The Morgan fingerprint density at radius 3 is 3.04 bits per heavy atom.